The van der Waals surface area contributed by atoms with Crippen LogP contribution in [-0.4, -0.2) is 33.7 Å². The molecule has 6 heteroatoms. The first-order valence-electron chi connectivity index (χ1n) is 12.6. The van der Waals surface area contributed by atoms with E-state index < -0.39 is 12.2 Å². The van der Waals surface area contributed by atoms with Crippen molar-refractivity contribution in [2.24, 2.45) is 23.7 Å². The van der Waals surface area contributed by atoms with Gasteiger partial charge in [-0.3, -0.25) is 0 Å². The number of carbonyl (C=O) groups is 2. The van der Waals surface area contributed by atoms with E-state index in [0.717, 1.165) is 35.9 Å². The molecule has 0 aliphatic heterocycles. The summed E-state index contributed by atoms with van der Waals surface area (Å²) in [4.78, 5) is 30.1. The van der Waals surface area contributed by atoms with E-state index in [9.17, 15) is 9.59 Å². The number of hydrogen-bond acceptors (Lipinski definition) is 5. The summed E-state index contributed by atoms with van der Waals surface area (Å²) in [7, 11) is 0. The second kappa shape index (κ2) is 8.99. The average Bonchev–Trinajstić information content (AvgIpc) is 3.63. The minimum Gasteiger partial charge on any atom is -0.455 e. The molecule has 2 aromatic carbocycles. The van der Waals surface area contributed by atoms with Crippen LogP contribution in [0.3, 0.4) is 0 Å². The lowest BCUT2D eigenvalue weighted by molar-refractivity contribution is -0.0822. The summed E-state index contributed by atoms with van der Waals surface area (Å²) in [6.07, 6.45) is 9.81. The van der Waals surface area contributed by atoms with E-state index in [1.807, 2.05) is 42.0 Å². The fourth-order valence-electron chi connectivity index (χ4n) is 6.63. The zero-order chi connectivity index (χ0) is 23.9. The first kappa shape index (κ1) is 22.1. The molecule has 3 aliphatic carbocycles. The normalized spacial score (nSPS) is 28.9. The summed E-state index contributed by atoms with van der Waals surface area (Å²) in [6, 6.07) is 14.7. The molecular weight excluding hydrogens is 440 g/mol. The summed E-state index contributed by atoms with van der Waals surface area (Å²) in [6.45, 7) is 1.99. The van der Waals surface area contributed by atoms with Crippen molar-refractivity contribution in [3.8, 4) is 5.69 Å². The summed E-state index contributed by atoms with van der Waals surface area (Å²) in [5.41, 5.74) is 3.04. The predicted octanol–water partition coefficient (Wildman–Crippen LogP) is 5.39. The Labute approximate surface area is 205 Å². The number of ether oxygens (including phenoxy) is 2. The van der Waals surface area contributed by atoms with Gasteiger partial charge in [-0.1, -0.05) is 17.7 Å². The van der Waals surface area contributed by atoms with Gasteiger partial charge >= 0.3 is 11.9 Å². The molecular formula is C29H30N2O4. The van der Waals surface area contributed by atoms with E-state index in [2.05, 4.69) is 4.98 Å². The van der Waals surface area contributed by atoms with Gasteiger partial charge in [-0.15, -0.1) is 0 Å². The SMILES string of the molecule is Cc1ccc(C(=O)OC2CC3C4CCC(C4)C3CC2OC(=O)c2ccc(-n3ccnc3)cc2)cc1. The number of esters is 2. The molecule has 35 heavy (non-hydrogen) atoms. The van der Waals surface area contributed by atoms with Crippen molar-refractivity contribution in [2.45, 2.75) is 51.2 Å². The third kappa shape index (κ3) is 4.26. The molecule has 0 saturated heterocycles. The van der Waals surface area contributed by atoms with Crippen LogP contribution >= 0.6 is 0 Å². The number of aryl methyl sites for hydroxylation is 1. The summed E-state index contributed by atoms with van der Waals surface area (Å²) < 4.78 is 14.0. The third-order valence-corrected chi connectivity index (χ3v) is 8.41. The first-order chi connectivity index (χ1) is 17.0. The summed E-state index contributed by atoms with van der Waals surface area (Å²) in [5.74, 6) is 1.85. The van der Waals surface area contributed by atoms with Gasteiger partial charge in [0.25, 0.3) is 0 Å². The van der Waals surface area contributed by atoms with Crippen molar-refractivity contribution in [3.05, 3.63) is 83.9 Å². The maximum atomic E-state index is 13.1. The molecule has 3 aliphatic rings. The van der Waals surface area contributed by atoms with Gasteiger partial charge in [0.1, 0.15) is 12.2 Å². The summed E-state index contributed by atoms with van der Waals surface area (Å²) >= 11 is 0. The number of rotatable bonds is 5. The fraction of sp³-hybridized carbons (Fsp3) is 0.414. The lowest BCUT2D eigenvalue weighted by Gasteiger charge is -2.42. The molecule has 0 spiro atoms. The molecule has 6 atom stereocenters. The van der Waals surface area contributed by atoms with Crippen molar-refractivity contribution in [3.63, 3.8) is 0 Å². The lowest BCUT2D eigenvalue weighted by atomic mass is 9.69. The van der Waals surface area contributed by atoms with Gasteiger partial charge in [-0.05, 0) is 99.1 Å². The molecule has 0 N–H and O–H groups in total. The zero-order valence-electron chi connectivity index (χ0n) is 19.9. The lowest BCUT2D eigenvalue weighted by Crippen LogP contribution is -2.45. The molecule has 180 valence electrons. The predicted molar refractivity (Wildman–Crippen MR) is 130 cm³/mol. The highest BCUT2D eigenvalue weighted by Crippen LogP contribution is 2.58. The van der Waals surface area contributed by atoms with Crippen LogP contribution < -0.4 is 0 Å². The van der Waals surface area contributed by atoms with E-state index in [1.165, 1.54) is 19.3 Å². The number of fused-ring (bicyclic) bond motifs is 5. The summed E-state index contributed by atoms with van der Waals surface area (Å²) in [5, 5.41) is 0. The van der Waals surface area contributed by atoms with Crippen molar-refractivity contribution < 1.29 is 19.1 Å². The van der Waals surface area contributed by atoms with E-state index in [0.29, 0.717) is 23.0 Å². The van der Waals surface area contributed by atoms with Crippen LogP contribution in [0.15, 0.2) is 67.3 Å². The van der Waals surface area contributed by atoms with Crippen LogP contribution in [0.1, 0.15) is 58.4 Å². The Morgan fingerprint density at radius 2 is 1.34 bits per heavy atom. The highest BCUT2D eigenvalue weighted by atomic mass is 16.6. The molecule has 0 amide bonds. The van der Waals surface area contributed by atoms with Gasteiger partial charge in [-0.2, -0.15) is 0 Å². The van der Waals surface area contributed by atoms with Gasteiger partial charge in [0.2, 0.25) is 0 Å². The van der Waals surface area contributed by atoms with Gasteiger partial charge < -0.3 is 14.0 Å². The van der Waals surface area contributed by atoms with Crippen molar-refractivity contribution in [2.75, 3.05) is 0 Å². The smallest absolute Gasteiger partial charge is 0.338 e. The minimum atomic E-state index is -0.425. The highest BCUT2D eigenvalue weighted by Gasteiger charge is 2.53. The monoisotopic (exact) mass is 470 g/mol. The van der Waals surface area contributed by atoms with Crippen LogP contribution in [0.25, 0.3) is 5.69 Å². The maximum absolute atomic E-state index is 13.1. The van der Waals surface area contributed by atoms with Crippen LogP contribution in [0.2, 0.25) is 0 Å². The van der Waals surface area contributed by atoms with Gasteiger partial charge in [0, 0.05) is 18.1 Å². The Balaban J connectivity index is 1.19. The maximum Gasteiger partial charge on any atom is 0.338 e. The number of carbonyl (C=O) groups excluding carboxylic acids is 2. The third-order valence-electron chi connectivity index (χ3n) is 8.41. The standard InChI is InChI=1S/C29H30N2O4/c1-18-2-4-19(5-3-18)28(32)34-26-15-24-21-6-7-22(14-21)25(24)16-27(26)35-29(33)20-8-10-23(11-9-20)31-13-12-30-17-31/h2-5,8-13,17,21-22,24-27H,6-7,14-16H2,1H3. The molecule has 6 unspecified atom stereocenters. The Bertz CT molecular complexity index is 1200. The van der Waals surface area contributed by atoms with Gasteiger partial charge in [0.15, 0.2) is 0 Å². The van der Waals surface area contributed by atoms with E-state index in [1.54, 1.807) is 36.8 Å². The Kier molecular flexibility index (Phi) is 5.67. The quantitative estimate of drug-likeness (QED) is 0.468. The van der Waals surface area contributed by atoms with Crippen molar-refractivity contribution in [1.29, 1.82) is 0 Å². The number of aromatic nitrogens is 2. The molecule has 6 rings (SSSR count). The molecule has 3 saturated carbocycles. The van der Waals surface area contributed by atoms with Crippen molar-refractivity contribution >= 4 is 11.9 Å². The van der Waals surface area contributed by atoms with Gasteiger partial charge in [0.05, 0.1) is 17.5 Å². The Morgan fingerprint density at radius 1 is 0.800 bits per heavy atom. The van der Waals surface area contributed by atoms with E-state index in [-0.39, 0.29) is 11.9 Å². The number of nitrogens with zero attached hydrogens (tertiary/aromatic N) is 2. The average molecular weight is 471 g/mol. The minimum absolute atomic E-state index is 0.345. The molecule has 1 aromatic heterocycles. The number of hydrogen-bond donors (Lipinski definition) is 0. The largest absolute Gasteiger partial charge is 0.455 e. The first-order valence-corrected chi connectivity index (χ1v) is 12.6. The van der Waals surface area contributed by atoms with Crippen LogP contribution in [0.5, 0.6) is 0 Å². The number of benzene rings is 2. The van der Waals surface area contributed by atoms with Gasteiger partial charge in [-0.25, -0.2) is 14.6 Å². The number of imidazole rings is 1. The molecule has 2 bridgehead atoms. The molecule has 6 nitrogen and oxygen atoms in total. The second-order valence-corrected chi connectivity index (χ2v) is 10.4. The Hall–Kier alpha value is -3.41. The zero-order valence-corrected chi connectivity index (χ0v) is 19.9. The van der Waals surface area contributed by atoms with Crippen molar-refractivity contribution in [1.82, 2.24) is 9.55 Å². The Morgan fingerprint density at radius 3 is 1.86 bits per heavy atom. The van der Waals surface area contributed by atoms with E-state index in [4.69, 9.17) is 9.47 Å². The molecule has 1 heterocycles. The van der Waals surface area contributed by atoms with E-state index >= 15 is 0 Å². The highest BCUT2D eigenvalue weighted by molar-refractivity contribution is 5.90. The van der Waals surface area contributed by atoms with Crippen LogP contribution in [0, 0.1) is 30.6 Å². The topological polar surface area (TPSA) is 70.4 Å². The molecule has 3 fully saturated rings. The fourth-order valence-corrected chi connectivity index (χ4v) is 6.63. The van der Waals surface area contributed by atoms with Crippen LogP contribution in [-0.2, 0) is 9.47 Å². The van der Waals surface area contributed by atoms with Crippen LogP contribution in [0.4, 0.5) is 0 Å². The second-order valence-electron chi connectivity index (χ2n) is 10.4. The molecule has 3 aromatic rings. The molecule has 0 radical (unpaired) electrons.